The van der Waals surface area contributed by atoms with Gasteiger partial charge in [0, 0.05) is 18.4 Å². The van der Waals surface area contributed by atoms with Crippen LogP contribution in [-0.2, 0) is 17.6 Å². The minimum absolute atomic E-state index is 0.0751. The maximum absolute atomic E-state index is 12.3. The molecule has 3 heteroatoms. The number of amides is 1. The Morgan fingerprint density at radius 1 is 1.00 bits per heavy atom. The lowest BCUT2D eigenvalue weighted by Gasteiger charge is -2.18. The van der Waals surface area contributed by atoms with Crippen LogP contribution >= 0.6 is 0 Å². The summed E-state index contributed by atoms with van der Waals surface area (Å²) in [6, 6.07) is 15.7. The highest BCUT2D eigenvalue weighted by Crippen LogP contribution is 2.17. The number of hydrogen-bond donors (Lipinski definition) is 1. The zero-order valence-corrected chi connectivity index (χ0v) is 13.4. The van der Waals surface area contributed by atoms with Crippen molar-refractivity contribution in [3.8, 4) is 0 Å². The zero-order chi connectivity index (χ0) is 15.9. The number of hydrogen-bond acceptors (Lipinski definition) is 2. The van der Waals surface area contributed by atoms with Crippen LogP contribution in [0.5, 0.6) is 0 Å². The molecule has 0 spiro atoms. The highest BCUT2D eigenvalue weighted by atomic mass is 16.2. The van der Waals surface area contributed by atoms with Crippen molar-refractivity contribution in [2.24, 2.45) is 0 Å². The summed E-state index contributed by atoms with van der Waals surface area (Å²) in [6.45, 7) is 2.19. The third-order valence-electron chi connectivity index (χ3n) is 3.85. The molecule has 0 atom stereocenters. The van der Waals surface area contributed by atoms with Gasteiger partial charge in [0.15, 0.2) is 0 Å². The van der Waals surface area contributed by atoms with Crippen LogP contribution in [0.2, 0.25) is 0 Å². The molecule has 0 bridgehead atoms. The van der Waals surface area contributed by atoms with E-state index in [-0.39, 0.29) is 5.91 Å². The molecular weight excluding hydrogens is 272 g/mol. The molecule has 116 valence electrons. The fraction of sp³-hybridized carbons (Fsp3) is 0.316. The molecule has 22 heavy (non-hydrogen) atoms. The van der Waals surface area contributed by atoms with Crippen molar-refractivity contribution in [1.82, 2.24) is 0 Å². The van der Waals surface area contributed by atoms with Gasteiger partial charge in [0.2, 0.25) is 5.91 Å². The van der Waals surface area contributed by atoms with Crippen molar-refractivity contribution in [3.05, 3.63) is 59.7 Å². The van der Waals surface area contributed by atoms with Crippen LogP contribution < -0.4 is 10.6 Å². The minimum Gasteiger partial charge on any atom is -0.399 e. The molecule has 0 saturated heterocycles. The lowest BCUT2D eigenvalue weighted by molar-refractivity contribution is -0.117. The van der Waals surface area contributed by atoms with Crippen molar-refractivity contribution in [2.75, 3.05) is 17.7 Å². The Balaban J connectivity index is 1.99. The van der Waals surface area contributed by atoms with E-state index in [2.05, 4.69) is 19.1 Å². The number of carbonyl (C=O) groups is 1. The summed E-state index contributed by atoms with van der Waals surface area (Å²) in [6.07, 6.45) is 3.88. The van der Waals surface area contributed by atoms with E-state index in [1.807, 2.05) is 43.4 Å². The Hall–Kier alpha value is -2.29. The number of benzene rings is 2. The van der Waals surface area contributed by atoms with E-state index in [4.69, 9.17) is 5.73 Å². The largest absolute Gasteiger partial charge is 0.399 e. The van der Waals surface area contributed by atoms with E-state index in [1.54, 1.807) is 4.90 Å². The maximum Gasteiger partial charge on any atom is 0.231 e. The normalized spacial score (nSPS) is 10.5. The van der Waals surface area contributed by atoms with Gasteiger partial charge in [-0.15, -0.1) is 0 Å². The molecular formula is C19H24N2O. The van der Waals surface area contributed by atoms with Gasteiger partial charge in [-0.25, -0.2) is 0 Å². The number of aryl methyl sites for hydroxylation is 1. The van der Waals surface area contributed by atoms with Crippen LogP contribution in [0.15, 0.2) is 48.5 Å². The second-order valence-corrected chi connectivity index (χ2v) is 5.64. The maximum atomic E-state index is 12.3. The second-order valence-electron chi connectivity index (χ2n) is 5.64. The summed E-state index contributed by atoms with van der Waals surface area (Å²) in [5, 5.41) is 0. The molecule has 0 aliphatic heterocycles. The number of likely N-dealkylation sites (N-methyl/N-ethyl adjacent to an activating group) is 1. The molecule has 2 N–H and O–H groups in total. The topological polar surface area (TPSA) is 46.3 Å². The van der Waals surface area contributed by atoms with Crippen LogP contribution in [0.3, 0.4) is 0 Å². The number of unbranched alkanes of at least 4 members (excludes halogenated alkanes) is 1. The third-order valence-corrected chi connectivity index (χ3v) is 3.85. The molecule has 0 fully saturated rings. The van der Waals surface area contributed by atoms with E-state index in [9.17, 15) is 4.79 Å². The Bertz CT molecular complexity index is 602. The average Bonchev–Trinajstić information content (AvgIpc) is 2.55. The van der Waals surface area contributed by atoms with Crippen LogP contribution in [0.25, 0.3) is 0 Å². The SMILES string of the molecule is CCCCc1ccc(N(C)C(=O)Cc2ccc(N)cc2)cc1. The number of anilines is 2. The quantitative estimate of drug-likeness (QED) is 0.824. The van der Waals surface area contributed by atoms with Gasteiger partial charge in [-0.1, -0.05) is 37.6 Å². The van der Waals surface area contributed by atoms with E-state index < -0.39 is 0 Å². The first-order valence-electron chi connectivity index (χ1n) is 7.80. The van der Waals surface area contributed by atoms with Gasteiger partial charge in [-0.2, -0.15) is 0 Å². The van der Waals surface area contributed by atoms with Crippen LogP contribution in [0.1, 0.15) is 30.9 Å². The Kier molecular flexibility index (Phi) is 5.59. The van der Waals surface area contributed by atoms with Crippen molar-refractivity contribution in [2.45, 2.75) is 32.6 Å². The fourth-order valence-corrected chi connectivity index (χ4v) is 2.34. The van der Waals surface area contributed by atoms with E-state index in [1.165, 1.54) is 18.4 Å². The summed E-state index contributed by atoms with van der Waals surface area (Å²) in [4.78, 5) is 14.1. The Labute approximate surface area is 132 Å². The number of nitrogens with two attached hydrogens (primary N) is 1. The molecule has 0 saturated carbocycles. The fourth-order valence-electron chi connectivity index (χ4n) is 2.34. The molecule has 3 nitrogen and oxygen atoms in total. The van der Waals surface area contributed by atoms with Gasteiger partial charge in [0.25, 0.3) is 0 Å². The minimum atomic E-state index is 0.0751. The molecule has 0 radical (unpaired) electrons. The van der Waals surface area contributed by atoms with Gasteiger partial charge in [0.1, 0.15) is 0 Å². The smallest absolute Gasteiger partial charge is 0.231 e. The predicted molar refractivity (Wildman–Crippen MR) is 93.0 cm³/mol. The second kappa shape index (κ2) is 7.64. The van der Waals surface area contributed by atoms with E-state index >= 15 is 0 Å². The number of carbonyl (C=O) groups excluding carboxylic acids is 1. The zero-order valence-electron chi connectivity index (χ0n) is 13.4. The van der Waals surface area contributed by atoms with Crippen molar-refractivity contribution >= 4 is 17.3 Å². The lowest BCUT2D eigenvalue weighted by Crippen LogP contribution is -2.27. The van der Waals surface area contributed by atoms with Crippen molar-refractivity contribution in [3.63, 3.8) is 0 Å². The Morgan fingerprint density at radius 2 is 1.59 bits per heavy atom. The summed E-state index contributed by atoms with van der Waals surface area (Å²) in [5.41, 5.74) is 9.61. The van der Waals surface area contributed by atoms with Crippen molar-refractivity contribution < 1.29 is 4.79 Å². The molecule has 2 aromatic carbocycles. The first-order chi connectivity index (χ1) is 10.6. The van der Waals surface area contributed by atoms with Gasteiger partial charge >= 0.3 is 0 Å². The predicted octanol–water partition coefficient (Wildman–Crippen LogP) is 3.82. The van der Waals surface area contributed by atoms with Gasteiger partial charge in [-0.05, 0) is 48.2 Å². The monoisotopic (exact) mass is 296 g/mol. The van der Waals surface area contributed by atoms with E-state index in [0.29, 0.717) is 12.1 Å². The molecule has 0 aliphatic rings. The molecule has 2 aromatic rings. The molecule has 2 rings (SSSR count). The standard InChI is InChI=1S/C19H24N2O/c1-3-4-5-15-8-12-18(13-9-15)21(2)19(22)14-16-6-10-17(20)11-7-16/h6-13H,3-5,14,20H2,1-2H3. The van der Waals surface area contributed by atoms with Crippen LogP contribution in [0.4, 0.5) is 11.4 Å². The highest BCUT2D eigenvalue weighted by molar-refractivity contribution is 5.94. The molecule has 0 aromatic heterocycles. The van der Waals surface area contributed by atoms with Gasteiger partial charge < -0.3 is 10.6 Å². The van der Waals surface area contributed by atoms with Crippen LogP contribution in [0, 0.1) is 0 Å². The lowest BCUT2D eigenvalue weighted by atomic mass is 10.1. The molecule has 0 aliphatic carbocycles. The molecule has 0 heterocycles. The van der Waals surface area contributed by atoms with Gasteiger partial charge in [0.05, 0.1) is 6.42 Å². The highest BCUT2D eigenvalue weighted by Gasteiger charge is 2.11. The number of rotatable bonds is 6. The first kappa shape index (κ1) is 16.1. The summed E-state index contributed by atoms with van der Waals surface area (Å²) < 4.78 is 0. The molecule has 0 unspecified atom stereocenters. The number of nitrogen functional groups attached to an aromatic ring is 1. The van der Waals surface area contributed by atoms with Gasteiger partial charge in [-0.3, -0.25) is 4.79 Å². The first-order valence-corrected chi connectivity index (χ1v) is 7.80. The average molecular weight is 296 g/mol. The Morgan fingerprint density at radius 3 is 2.18 bits per heavy atom. The molecule has 1 amide bonds. The third kappa shape index (κ3) is 4.35. The van der Waals surface area contributed by atoms with Crippen molar-refractivity contribution in [1.29, 1.82) is 0 Å². The van der Waals surface area contributed by atoms with E-state index in [0.717, 1.165) is 17.7 Å². The van der Waals surface area contributed by atoms with Crippen LogP contribution in [-0.4, -0.2) is 13.0 Å². The summed E-state index contributed by atoms with van der Waals surface area (Å²) in [7, 11) is 1.82. The number of nitrogens with zero attached hydrogens (tertiary/aromatic N) is 1. The summed E-state index contributed by atoms with van der Waals surface area (Å²) >= 11 is 0. The summed E-state index contributed by atoms with van der Waals surface area (Å²) in [5.74, 6) is 0.0751.